The zero-order chi connectivity index (χ0) is 16.1. The number of benzene rings is 2. The number of nitrogens with one attached hydrogen (secondary N) is 3. The van der Waals surface area contributed by atoms with E-state index in [4.69, 9.17) is 23.8 Å². The highest BCUT2D eigenvalue weighted by atomic mass is 35.5. The lowest BCUT2D eigenvalue weighted by Crippen LogP contribution is -2.43. The Bertz CT molecular complexity index is 701. The zero-order valence-corrected chi connectivity index (χ0v) is 13.8. The van der Waals surface area contributed by atoms with Gasteiger partial charge in [0.2, 0.25) is 0 Å². The molecule has 0 atom stereocenters. The topological polar surface area (TPSA) is 53.2 Å². The van der Waals surface area contributed by atoms with Crippen LogP contribution in [0, 0.1) is 13.8 Å². The molecule has 0 aliphatic rings. The van der Waals surface area contributed by atoms with E-state index < -0.39 is 0 Å². The van der Waals surface area contributed by atoms with Crippen LogP contribution in [0.5, 0.6) is 0 Å². The summed E-state index contributed by atoms with van der Waals surface area (Å²) in [4.78, 5) is 11.9. The third-order valence-corrected chi connectivity index (χ3v) is 3.64. The molecule has 0 aliphatic carbocycles. The number of hydrogen-bond donors (Lipinski definition) is 3. The third-order valence-electron chi connectivity index (χ3n) is 3.03. The van der Waals surface area contributed by atoms with Gasteiger partial charge in [-0.05, 0) is 55.9 Å². The number of thiocarbonyl (C=S) groups is 1. The van der Waals surface area contributed by atoms with Crippen LogP contribution < -0.4 is 16.2 Å². The van der Waals surface area contributed by atoms with Gasteiger partial charge < -0.3 is 5.32 Å². The van der Waals surface area contributed by atoms with Crippen LogP contribution in [0.3, 0.4) is 0 Å². The molecule has 4 nitrogen and oxygen atoms in total. The molecule has 0 saturated heterocycles. The van der Waals surface area contributed by atoms with Crippen molar-refractivity contribution in [2.45, 2.75) is 13.8 Å². The van der Waals surface area contributed by atoms with Gasteiger partial charge in [0.05, 0.1) is 0 Å². The van der Waals surface area contributed by atoms with Gasteiger partial charge in [-0.15, -0.1) is 0 Å². The number of rotatable bonds is 2. The maximum absolute atomic E-state index is 11.9. The first-order valence-corrected chi connectivity index (χ1v) is 7.44. The van der Waals surface area contributed by atoms with Crippen molar-refractivity contribution < 1.29 is 4.79 Å². The van der Waals surface area contributed by atoms with E-state index in [2.05, 4.69) is 16.2 Å². The lowest BCUT2D eigenvalue weighted by Gasteiger charge is -2.12. The Morgan fingerprint density at radius 2 is 1.73 bits per heavy atom. The molecule has 3 N–H and O–H groups in total. The first-order chi connectivity index (χ1) is 10.5. The summed E-state index contributed by atoms with van der Waals surface area (Å²) in [6.07, 6.45) is 0. The Balaban J connectivity index is 1.88. The van der Waals surface area contributed by atoms with Crippen LogP contribution in [0.25, 0.3) is 0 Å². The van der Waals surface area contributed by atoms with E-state index in [1.165, 1.54) is 0 Å². The van der Waals surface area contributed by atoms with Crippen LogP contribution in [0.2, 0.25) is 5.02 Å². The van der Waals surface area contributed by atoms with Gasteiger partial charge in [-0.1, -0.05) is 35.4 Å². The summed E-state index contributed by atoms with van der Waals surface area (Å²) in [5.41, 5.74) is 8.58. The Morgan fingerprint density at radius 1 is 1.05 bits per heavy atom. The number of hydrogen-bond acceptors (Lipinski definition) is 2. The summed E-state index contributed by atoms with van der Waals surface area (Å²) in [5, 5.41) is 3.87. The van der Waals surface area contributed by atoms with E-state index in [1.54, 1.807) is 18.2 Å². The Labute approximate surface area is 139 Å². The molecule has 6 heteroatoms. The summed E-state index contributed by atoms with van der Waals surface area (Å²) in [5.74, 6) is -0.258. The molecule has 1 amide bonds. The smallest absolute Gasteiger partial charge is 0.269 e. The third kappa shape index (κ3) is 4.44. The van der Waals surface area contributed by atoms with Crippen LogP contribution >= 0.6 is 23.8 Å². The lowest BCUT2D eigenvalue weighted by molar-refractivity contribution is 0.0944. The van der Waals surface area contributed by atoms with Crippen molar-refractivity contribution in [3.05, 3.63) is 64.2 Å². The first-order valence-electron chi connectivity index (χ1n) is 6.66. The molecule has 0 fully saturated rings. The van der Waals surface area contributed by atoms with Crippen molar-refractivity contribution in [2.24, 2.45) is 0 Å². The average molecular weight is 334 g/mol. The number of halogens is 1. The zero-order valence-electron chi connectivity index (χ0n) is 12.2. The van der Waals surface area contributed by atoms with Crippen molar-refractivity contribution in [1.29, 1.82) is 0 Å². The minimum Gasteiger partial charge on any atom is -0.331 e. The van der Waals surface area contributed by atoms with E-state index in [0.717, 1.165) is 16.8 Å². The maximum atomic E-state index is 11.9. The van der Waals surface area contributed by atoms with Gasteiger partial charge in [0, 0.05) is 16.3 Å². The van der Waals surface area contributed by atoms with Crippen LogP contribution in [0.4, 0.5) is 5.69 Å². The summed E-state index contributed by atoms with van der Waals surface area (Å²) in [6.45, 7) is 3.89. The second kappa shape index (κ2) is 7.24. The molecule has 2 rings (SSSR count). The minimum atomic E-state index is -0.258. The molecule has 0 saturated carbocycles. The average Bonchev–Trinajstić information content (AvgIpc) is 2.49. The Morgan fingerprint density at radius 3 is 2.36 bits per heavy atom. The fourth-order valence-electron chi connectivity index (χ4n) is 1.72. The summed E-state index contributed by atoms with van der Waals surface area (Å²) in [7, 11) is 0. The van der Waals surface area contributed by atoms with Crippen LogP contribution in [0.15, 0.2) is 42.5 Å². The number of anilines is 1. The molecule has 0 spiro atoms. The van der Waals surface area contributed by atoms with Crippen LogP contribution in [0.1, 0.15) is 21.5 Å². The molecule has 22 heavy (non-hydrogen) atoms. The van der Waals surface area contributed by atoms with Crippen LogP contribution in [-0.2, 0) is 0 Å². The summed E-state index contributed by atoms with van der Waals surface area (Å²) < 4.78 is 0. The maximum Gasteiger partial charge on any atom is 0.269 e. The molecule has 0 aliphatic heterocycles. The van der Waals surface area contributed by atoms with Gasteiger partial charge in [-0.3, -0.25) is 15.6 Å². The highest BCUT2D eigenvalue weighted by Gasteiger charge is 2.05. The highest BCUT2D eigenvalue weighted by molar-refractivity contribution is 7.80. The largest absolute Gasteiger partial charge is 0.331 e. The predicted octanol–water partition coefficient (Wildman–Crippen LogP) is 3.59. The van der Waals surface area contributed by atoms with Crippen molar-refractivity contribution in [3.8, 4) is 0 Å². The van der Waals surface area contributed by atoms with Crippen molar-refractivity contribution in [1.82, 2.24) is 10.9 Å². The molecular formula is C16H16ClN3OS. The fourth-order valence-corrected chi connectivity index (χ4v) is 2.07. The SMILES string of the molecule is Cc1ccc(C(=O)NNC(=S)Nc2ccc(C)c(Cl)c2)cc1. The van der Waals surface area contributed by atoms with E-state index in [-0.39, 0.29) is 11.0 Å². The minimum absolute atomic E-state index is 0.258. The molecule has 2 aromatic carbocycles. The Hall–Kier alpha value is -2.11. The molecule has 114 valence electrons. The van der Waals surface area contributed by atoms with E-state index in [1.807, 2.05) is 38.1 Å². The van der Waals surface area contributed by atoms with Crippen molar-refractivity contribution >= 4 is 40.5 Å². The van der Waals surface area contributed by atoms with E-state index in [0.29, 0.717) is 10.6 Å². The number of carbonyl (C=O) groups excluding carboxylic acids is 1. The van der Waals surface area contributed by atoms with Crippen LogP contribution in [-0.4, -0.2) is 11.0 Å². The number of aryl methyl sites for hydroxylation is 2. The quantitative estimate of drug-likeness (QED) is 0.580. The fraction of sp³-hybridized carbons (Fsp3) is 0.125. The van der Waals surface area contributed by atoms with Crippen molar-refractivity contribution in [3.63, 3.8) is 0 Å². The molecule has 0 heterocycles. The second-order valence-corrected chi connectivity index (χ2v) is 5.68. The normalized spacial score (nSPS) is 9.95. The van der Waals surface area contributed by atoms with Gasteiger partial charge >= 0.3 is 0 Å². The molecular weight excluding hydrogens is 318 g/mol. The molecule has 2 aromatic rings. The standard InChI is InChI=1S/C16H16ClN3OS/c1-10-3-6-12(7-4-10)15(21)19-20-16(22)18-13-8-5-11(2)14(17)9-13/h3-9H,1-2H3,(H,19,21)(H2,18,20,22). The first kappa shape index (κ1) is 16.3. The molecule has 0 aromatic heterocycles. The van der Waals surface area contributed by atoms with E-state index in [9.17, 15) is 4.79 Å². The van der Waals surface area contributed by atoms with Gasteiger partial charge in [-0.2, -0.15) is 0 Å². The monoisotopic (exact) mass is 333 g/mol. The lowest BCUT2D eigenvalue weighted by atomic mass is 10.1. The number of amides is 1. The molecule has 0 unspecified atom stereocenters. The van der Waals surface area contributed by atoms with Gasteiger partial charge in [0.25, 0.3) is 5.91 Å². The number of carbonyl (C=O) groups is 1. The van der Waals surface area contributed by atoms with Gasteiger partial charge in [-0.25, -0.2) is 0 Å². The van der Waals surface area contributed by atoms with Gasteiger partial charge in [0.15, 0.2) is 5.11 Å². The Kier molecular flexibility index (Phi) is 5.35. The molecule has 0 bridgehead atoms. The van der Waals surface area contributed by atoms with Gasteiger partial charge in [0.1, 0.15) is 0 Å². The highest BCUT2D eigenvalue weighted by Crippen LogP contribution is 2.19. The summed E-state index contributed by atoms with van der Waals surface area (Å²) >= 11 is 11.2. The predicted molar refractivity (Wildman–Crippen MR) is 94.2 cm³/mol. The van der Waals surface area contributed by atoms with E-state index >= 15 is 0 Å². The molecule has 0 radical (unpaired) electrons. The summed E-state index contributed by atoms with van der Waals surface area (Å²) in [6, 6.07) is 12.8. The number of hydrazine groups is 1. The van der Waals surface area contributed by atoms with Crippen molar-refractivity contribution in [2.75, 3.05) is 5.32 Å². The second-order valence-electron chi connectivity index (χ2n) is 4.86.